The van der Waals surface area contributed by atoms with E-state index in [1.54, 1.807) is 0 Å². The third kappa shape index (κ3) is 2.56. The molecule has 1 unspecified atom stereocenters. The Hall–Kier alpha value is -0.380. The molecule has 78 valence electrons. The molecule has 0 saturated heterocycles. The molecule has 0 amide bonds. The number of hydrogen-bond acceptors (Lipinski definition) is 2. The minimum absolute atomic E-state index is 0.448. The highest BCUT2D eigenvalue weighted by Gasteiger charge is 2.11. The summed E-state index contributed by atoms with van der Waals surface area (Å²) < 4.78 is 1.01. The smallest absolute Gasteiger partial charge is 0.0805 e. The first-order chi connectivity index (χ1) is 6.56. The van der Waals surface area contributed by atoms with E-state index < -0.39 is 6.10 Å². The Morgan fingerprint density at radius 2 is 2.07 bits per heavy atom. The second-order valence-corrected chi connectivity index (χ2v) is 4.45. The Labute approximate surface area is 93.3 Å². The quantitative estimate of drug-likeness (QED) is 0.874. The van der Waals surface area contributed by atoms with Crippen LogP contribution in [0.25, 0.3) is 0 Å². The van der Waals surface area contributed by atoms with Crippen LogP contribution in [0.4, 0.5) is 0 Å². The van der Waals surface area contributed by atoms with Crippen molar-refractivity contribution in [3.05, 3.63) is 33.3 Å². The highest BCUT2D eigenvalue weighted by molar-refractivity contribution is 9.10. The molecule has 1 atom stereocenters. The molecule has 0 heterocycles. The zero-order valence-electron chi connectivity index (χ0n) is 8.55. The fraction of sp³-hybridized carbons (Fsp3) is 0.455. The summed E-state index contributed by atoms with van der Waals surface area (Å²) in [5.41, 5.74) is 8.73. The zero-order valence-corrected chi connectivity index (χ0v) is 10.1. The van der Waals surface area contributed by atoms with Crippen LogP contribution >= 0.6 is 15.9 Å². The third-order valence-corrected chi connectivity index (χ3v) is 2.93. The summed E-state index contributed by atoms with van der Waals surface area (Å²) in [6, 6.07) is 4.01. The lowest BCUT2D eigenvalue weighted by molar-refractivity contribution is 0.169. The van der Waals surface area contributed by atoms with Crippen LogP contribution in [0.1, 0.15) is 29.2 Å². The monoisotopic (exact) mass is 257 g/mol. The van der Waals surface area contributed by atoms with E-state index in [0.717, 1.165) is 15.6 Å². The second kappa shape index (κ2) is 4.91. The Kier molecular flexibility index (Phi) is 4.11. The standard InChI is InChI=1S/C11H16BrNO/c1-7-5-9(12)6-10(8(7)2)11(14)3-4-13/h5-6,11,14H,3-4,13H2,1-2H3. The number of halogens is 1. The van der Waals surface area contributed by atoms with Crippen molar-refractivity contribution in [1.29, 1.82) is 0 Å². The number of aliphatic hydroxyl groups excluding tert-OH is 1. The van der Waals surface area contributed by atoms with Crippen LogP contribution in [0.15, 0.2) is 16.6 Å². The van der Waals surface area contributed by atoms with E-state index in [1.165, 1.54) is 5.56 Å². The summed E-state index contributed by atoms with van der Waals surface area (Å²) >= 11 is 3.42. The molecule has 0 saturated carbocycles. The molecule has 0 spiro atoms. The van der Waals surface area contributed by atoms with Gasteiger partial charge >= 0.3 is 0 Å². The van der Waals surface area contributed by atoms with Gasteiger partial charge in [0, 0.05) is 4.47 Å². The third-order valence-electron chi connectivity index (χ3n) is 2.47. The summed E-state index contributed by atoms with van der Waals surface area (Å²) in [7, 11) is 0. The Morgan fingerprint density at radius 1 is 1.43 bits per heavy atom. The fourth-order valence-corrected chi connectivity index (χ4v) is 2.09. The molecule has 1 rings (SSSR count). The number of benzene rings is 1. The molecular formula is C11H16BrNO. The van der Waals surface area contributed by atoms with Crippen molar-refractivity contribution in [1.82, 2.24) is 0 Å². The van der Waals surface area contributed by atoms with Gasteiger partial charge in [-0.15, -0.1) is 0 Å². The van der Waals surface area contributed by atoms with Crippen molar-refractivity contribution in [3.8, 4) is 0 Å². The topological polar surface area (TPSA) is 46.2 Å². The normalized spacial score (nSPS) is 12.9. The molecule has 14 heavy (non-hydrogen) atoms. The van der Waals surface area contributed by atoms with E-state index >= 15 is 0 Å². The van der Waals surface area contributed by atoms with Crippen molar-refractivity contribution in [2.75, 3.05) is 6.54 Å². The van der Waals surface area contributed by atoms with Gasteiger partial charge in [-0.05, 0) is 55.6 Å². The van der Waals surface area contributed by atoms with Gasteiger partial charge in [0.15, 0.2) is 0 Å². The van der Waals surface area contributed by atoms with E-state index in [1.807, 2.05) is 26.0 Å². The SMILES string of the molecule is Cc1cc(Br)cc(C(O)CCN)c1C. The summed E-state index contributed by atoms with van der Waals surface area (Å²) in [6.07, 6.45) is 0.160. The average Bonchev–Trinajstić information content (AvgIpc) is 2.11. The first-order valence-corrected chi connectivity index (χ1v) is 5.50. The lowest BCUT2D eigenvalue weighted by Gasteiger charge is -2.15. The van der Waals surface area contributed by atoms with E-state index in [-0.39, 0.29) is 0 Å². The fourth-order valence-electron chi connectivity index (χ4n) is 1.50. The van der Waals surface area contributed by atoms with Crippen molar-refractivity contribution in [3.63, 3.8) is 0 Å². The van der Waals surface area contributed by atoms with E-state index in [2.05, 4.69) is 15.9 Å². The second-order valence-electron chi connectivity index (χ2n) is 3.53. The molecule has 0 aliphatic rings. The van der Waals surface area contributed by atoms with Crippen molar-refractivity contribution < 1.29 is 5.11 Å². The van der Waals surface area contributed by atoms with Gasteiger partial charge in [0.05, 0.1) is 6.10 Å². The molecule has 3 heteroatoms. The minimum atomic E-state index is -0.448. The van der Waals surface area contributed by atoms with E-state index in [0.29, 0.717) is 13.0 Å². The van der Waals surface area contributed by atoms with E-state index in [9.17, 15) is 5.11 Å². The predicted octanol–water partition coefficient (Wildman–Crippen LogP) is 2.45. The summed E-state index contributed by atoms with van der Waals surface area (Å²) in [4.78, 5) is 0. The molecule has 3 N–H and O–H groups in total. The van der Waals surface area contributed by atoms with Crippen LogP contribution in [0.2, 0.25) is 0 Å². The Bertz CT molecular complexity index is 325. The van der Waals surface area contributed by atoms with Gasteiger partial charge in [-0.25, -0.2) is 0 Å². The highest BCUT2D eigenvalue weighted by atomic mass is 79.9. The first kappa shape index (κ1) is 11.7. The molecule has 0 radical (unpaired) electrons. The van der Waals surface area contributed by atoms with Crippen LogP contribution in [0, 0.1) is 13.8 Å². The number of hydrogen-bond donors (Lipinski definition) is 2. The number of aliphatic hydroxyl groups is 1. The predicted molar refractivity (Wildman–Crippen MR) is 62.2 cm³/mol. The lowest BCUT2D eigenvalue weighted by Crippen LogP contribution is -2.08. The molecule has 0 aliphatic carbocycles. The van der Waals surface area contributed by atoms with Gasteiger partial charge in [0.25, 0.3) is 0 Å². The van der Waals surface area contributed by atoms with Gasteiger partial charge in [-0.1, -0.05) is 15.9 Å². The molecule has 0 aromatic heterocycles. The van der Waals surface area contributed by atoms with Gasteiger partial charge < -0.3 is 10.8 Å². The Morgan fingerprint density at radius 3 is 2.64 bits per heavy atom. The van der Waals surface area contributed by atoms with Crippen molar-refractivity contribution in [2.24, 2.45) is 5.73 Å². The summed E-state index contributed by atoms with van der Waals surface area (Å²) in [5, 5.41) is 9.85. The minimum Gasteiger partial charge on any atom is -0.388 e. The number of nitrogens with two attached hydrogens (primary N) is 1. The maximum absolute atomic E-state index is 9.85. The van der Waals surface area contributed by atoms with Gasteiger partial charge in [-0.3, -0.25) is 0 Å². The maximum Gasteiger partial charge on any atom is 0.0805 e. The van der Waals surface area contributed by atoms with Crippen molar-refractivity contribution in [2.45, 2.75) is 26.4 Å². The molecule has 0 fully saturated rings. The number of rotatable bonds is 3. The van der Waals surface area contributed by atoms with Crippen LogP contribution in [-0.4, -0.2) is 11.7 Å². The highest BCUT2D eigenvalue weighted by Crippen LogP contribution is 2.26. The largest absolute Gasteiger partial charge is 0.388 e. The molecule has 0 aliphatic heterocycles. The number of aryl methyl sites for hydroxylation is 1. The van der Waals surface area contributed by atoms with Crippen molar-refractivity contribution >= 4 is 15.9 Å². The maximum atomic E-state index is 9.85. The molecule has 1 aromatic carbocycles. The van der Waals surface area contributed by atoms with Gasteiger partial charge in [-0.2, -0.15) is 0 Å². The molecular weight excluding hydrogens is 242 g/mol. The first-order valence-electron chi connectivity index (χ1n) is 4.71. The average molecular weight is 258 g/mol. The zero-order chi connectivity index (χ0) is 10.7. The molecule has 1 aromatic rings. The summed E-state index contributed by atoms with van der Waals surface area (Å²) in [6.45, 7) is 4.57. The van der Waals surface area contributed by atoms with E-state index in [4.69, 9.17) is 5.73 Å². The molecule has 0 bridgehead atoms. The van der Waals surface area contributed by atoms with Crippen LogP contribution in [0.3, 0.4) is 0 Å². The van der Waals surface area contributed by atoms with Crippen LogP contribution < -0.4 is 5.73 Å². The van der Waals surface area contributed by atoms with Crippen LogP contribution in [-0.2, 0) is 0 Å². The lowest BCUT2D eigenvalue weighted by atomic mass is 9.97. The van der Waals surface area contributed by atoms with Crippen LogP contribution in [0.5, 0.6) is 0 Å². The van der Waals surface area contributed by atoms with Gasteiger partial charge in [0.2, 0.25) is 0 Å². The summed E-state index contributed by atoms with van der Waals surface area (Å²) in [5.74, 6) is 0. The Balaban J connectivity index is 3.07. The molecule has 2 nitrogen and oxygen atoms in total. The van der Waals surface area contributed by atoms with Gasteiger partial charge in [0.1, 0.15) is 0 Å².